The summed E-state index contributed by atoms with van der Waals surface area (Å²) in [6.07, 6.45) is 0.756. The lowest BCUT2D eigenvalue weighted by molar-refractivity contribution is -0.141. The lowest BCUT2D eigenvalue weighted by atomic mass is 10.1. The van der Waals surface area contributed by atoms with Crippen molar-refractivity contribution in [3.05, 3.63) is 78.4 Å². The van der Waals surface area contributed by atoms with E-state index in [2.05, 4.69) is 26.8 Å². The van der Waals surface area contributed by atoms with Crippen LogP contribution in [0.3, 0.4) is 0 Å². The Kier molecular flexibility index (Phi) is 7.20. The van der Waals surface area contributed by atoms with E-state index in [0.717, 1.165) is 25.1 Å². The van der Waals surface area contributed by atoms with Crippen LogP contribution in [0.25, 0.3) is 22.3 Å². The van der Waals surface area contributed by atoms with E-state index in [9.17, 15) is 22.8 Å². The summed E-state index contributed by atoms with van der Waals surface area (Å²) in [5.41, 5.74) is 7.59. The van der Waals surface area contributed by atoms with E-state index in [4.69, 9.17) is 10.8 Å². The second-order valence-electron chi connectivity index (χ2n) is 9.35. The van der Waals surface area contributed by atoms with E-state index < -0.39 is 17.8 Å². The number of rotatable bonds is 6. The molecular weight excluding hydrogens is 525 g/mol. The van der Waals surface area contributed by atoms with Crippen molar-refractivity contribution in [2.75, 3.05) is 18.8 Å². The van der Waals surface area contributed by atoms with Crippen LogP contribution in [0.15, 0.2) is 61.6 Å². The van der Waals surface area contributed by atoms with E-state index in [1.54, 1.807) is 33.8 Å². The summed E-state index contributed by atoms with van der Waals surface area (Å²) in [7, 11) is 0. The third-order valence-electron chi connectivity index (χ3n) is 6.71. The fraction of sp³-hybridized carbons (Fsp3) is 0.259. The van der Waals surface area contributed by atoms with Gasteiger partial charge in [0.05, 0.1) is 11.4 Å². The van der Waals surface area contributed by atoms with E-state index in [1.165, 1.54) is 18.5 Å². The zero-order valence-electron chi connectivity index (χ0n) is 21.2. The summed E-state index contributed by atoms with van der Waals surface area (Å²) in [6.45, 7) is 4.64. The van der Waals surface area contributed by atoms with Gasteiger partial charge in [-0.05, 0) is 42.7 Å². The number of piperidine rings is 1. The number of nitrogens with zero attached hydrogens (tertiary/aromatic N) is 6. The molecule has 0 unspecified atom stereocenters. The molecule has 4 heterocycles. The van der Waals surface area contributed by atoms with Crippen molar-refractivity contribution in [1.82, 2.24) is 34.9 Å². The number of nitrogen functional groups attached to an aromatic ring is 1. The molecule has 1 atom stereocenters. The van der Waals surface area contributed by atoms with Gasteiger partial charge >= 0.3 is 6.18 Å². The first-order valence-corrected chi connectivity index (χ1v) is 12.5. The molecule has 13 heteroatoms. The van der Waals surface area contributed by atoms with Crippen LogP contribution in [0, 0.1) is 0 Å². The zero-order valence-corrected chi connectivity index (χ0v) is 21.2. The quantitative estimate of drug-likeness (QED) is 0.349. The largest absolute Gasteiger partial charge is 0.433 e. The number of halogens is 3. The molecule has 1 saturated heterocycles. The molecule has 40 heavy (non-hydrogen) atoms. The summed E-state index contributed by atoms with van der Waals surface area (Å²) in [4.78, 5) is 38.8. The van der Waals surface area contributed by atoms with Crippen molar-refractivity contribution in [3.63, 3.8) is 0 Å². The van der Waals surface area contributed by atoms with Gasteiger partial charge in [0.2, 0.25) is 5.91 Å². The van der Waals surface area contributed by atoms with Crippen LogP contribution in [-0.4, -0.2) is 54.5 Å². The minimum absolute atomic E-state index is 0.00580. The molecular formula is C27H25F3N8O2. The van der Waals surface area contributed by atoms with E-state index in [1.807, 2.05) is 0 Å². The van der Waals surface area contributed by atoms with Crippen molar-refractivity contribution in [2.45, 2.75) is 31.6 Å². The summed E-state index contributed by atoms with van der Waals surface area (Å²) in [5.74, 6) is -0.354. The Labute approximate surface area is 226 Å². The van der Waals surface area contributed by atoms with Gasteiger partial charge in [-0.1, -0.05) is 24.8 Å². The Balaban J connectivity index is 1.41. The Morgan fingerprint density at radius 2 is 2.00 bits per heavy atom. The summed E-state index contributed by atoms with van der Waals surface area (Å²) in [5, 5.41) is 8.05. The highest BCUT2D eigenvalue weighted by atomic mass is 19.4. The van der Waals surface area contributed by atoms with Gasteiger partial charge in [0, 0.05) is 37.0 Å². The molecule has 3 aromatic heterocycles. The number of nitrogens with one attached hydrogen (secondary N) is 1. The average Bonchev–Trinajstić information content (AvgIpc) is 3.36. The van der Waals surface area contributed by atoms with Gasteiger partial charge in [-0.25, -0.2) is 14.6 Å². The van der Waals surface area contributed by atoms with Crippen LogP contribution < -0.4 is 11.1 Å². The number of anilines is 1. The average molecular weight is 551 g/mol. The number of carbonyl (C=O) groups is 2. The molecule has 3 N–H and O–H groups in total. The normalized spacial score (nSPS) is 15.7. The molecule has 1 aliphatic rings. The van der Waals surface area contributed by atoms with Crippen molar-refractivity contribution >= 4 is 28.7 Å². The topological polar surface area (TPSA) is 132 Å². The molecule has 10 nitrogen and oxygen atoms in total. The van der Waals surface area contributed by atoms with Crippen LogP contribution >= 0.6 is 0 Å². The molecule has 0 radical (unpaired) electrons. The van der Waals surface area contributed by atoms with Gasteiger partial charge < -0.3 is 16.0 Å². The maximum atomic E-state index is 12.9. The van der Waals surface area contributed by atoms with Crippen LogP contribution in [0.2, 0.25) is 0 Å². The highest BCUT2D eigenvalue weighted by molar-refractivity contribution is 6.00. The van der Waals surface area contributed by atoms with Gasteiger partial charge in [-0.2, -0.15) is 18.3 Å². The highest BCUT2D eigenvalue weighted by Crippen LogP contribution is 2.34. The number of benzene rings is 1. The first kappa shape index (κ1) is 26.8. The monoisotopic (exact) mass is 550 g/mol. The van der Waals surface area contributed by atoms with Crippen molar-refractivity contribution in [1.29, 1.82) is 0 Å². The van der Waals surface area contributed by atoms with Crippen molar-refractivity contribution < 1.29 is 22.8 Å². The predicted octanol–water partition coefficient (Wildman–Crippen LogP) is 3.77. The minimum atomic E-state index is -4.53. The van der Waals surface area contributed by atoms with Crippen LogP contribution in [0.4, 0.5) is 19.0 Å². The van der Waals surface area contributed by atoms with Gasteiger partial charge in [-0.3, -0.25) is 14.6 Å². The second-order valence-corrected chi connectivity index (χ2v) is 9.35. The summed E-state index contributed by atoms with van der Waals surface area (Å²) in [6, 6.07) is 8.73. The standard InChI is InChI=1S/C27H25F3N8O2/c1-2-21(39)37-10-4-7-19(14-37)38-25-22(24(31)34-15-35-25)23(36-38)17-5-3-6-18(11-17)26(40)33-13-16-8-9-20(32-12-16)27(28,29)30/h2-3,5-6,8-9,11-12,15,19H,1,4,7,10,13-14H2,(H,33,40)(H2,31,34,35)/t19-/m1/s1. The molecule has 5 rings (SSSR count). The number of carbonyl (C=O) groups excluding carboxylic acids is 2. The molecule has 2 amide bonds. The minimum Gasteiger partial charge on any atom is -0.383 e. The van der Waals surface area contributed by atoms with Crippen molar-refractivity contribution in [2.24, 2.45) is 0 Å². The molecule has 1 aromatic carbocycles. The SMILES string of the molecule is C=CC(=O)N1CCC[C@@H](n2nc(-c3cccc(C(=O)NCc4ccc(C(F)(F)F)nc4)c3)c3c(N)ncnc32)C1. The Bertz CT molecular complexity index is 1580. The lowest BCUT2D eigenvalue weighted by Crippen LogP contribution is -2.40. The Morgan fingerprint density at radius 1 is 1.18 bits per heavy atom. The van der Waals surface area contributed by atoms with E-state index in [0.29, 0.717) is 46.5 Å². The van der Waals surface area contributed by atoms with Gasteiger partial charge in [0.1, 0.15) is 23.5 Å². The lowest BCUT2D eigenvalue weighted by Gasteiger charge is -2.32. The van der Waals surface area contributed by atoms with E-state index in [-0.39, 0.29) is 24.3 Å². The molecule has 0 spiro atoms. The van der Waals surface area contributed by atoms with Crippen molar-refractivity contribution in [3.8, 4) is 11.3 Å². The fourth-order valence-electron chi connectivity index (χ4n) is 4.72. The number of aromatic nitrogens is 5. The van der Waals surface area contributed by atoms with Gasteiger partial charge in [0.25, 0.3) is 5.91 Å². The number of alkyl halides is 3. The second kappa shape index (κ2) is 10.8. The number of hydrogen-bond acceptors (Lipinski definition) is 7. The smallest absolute Gasteiger partial charge is 0.383 e. The third-order valence-corrected chi connectivity index (χ3v) is 6.71. The summed E-state index contributed by atoms with van der Waals surface area (Å²) < 4.78 is 40.0. The first-order chi connectivity index (χ1) is 19.2. The van der Waals surface area contributed by atoms with E-state index >= 15 is 0 Å². The molecule has 206 valence electrons. The number of hydrogen-bond donors (Lipinski definition) is 2. The maximum absolute atomic E-state index is 12.9. The molecule has 0 aliphatic carbocycles. The molecule has 0 bridgehead atoms. The number of fused-ring (bicyclic) bond motifs is 1. The van der Waals surface area contributed by atoms with Crippen LogP contribution in [-0.2, 0) is 17.5 Å². The Hall–Kier alpha value is -4.81. The molecule has 4 aromatic rings. The van der Waals surface area contributed by atoms with Crippen LogP contribution in [0.5, 0.6) is 0 Å². The molecule has 1 fully saturated rings. The number of pyridine rings is 1. The highest BCUT2D eigenvalue weighted by Gasteiger charge is 2.32. The summed E-state index contributed by atoms with van der Waals surface area (Å²) >= 11 is 0. The Morgan fingerprint density at radius 3 is 2.73 bits per heavy atom. The number of nitrogens with two attached hydrogens (primary N) is 1. The number of amides is 2. The van der Waals surface area contributed by atoms with Crippen LogP contribution in [0.1, 0.15) is 40.5 Å². The van der Waals surface area contributed by atoms with Gasteiger partial charge in [0.15, 0.2) is 5.65 Å². The zero-order chi connectivity index (χ0) is 28.4. The first-order valence-electron chi connectivity index (χ1n) is 12.5. The predicted molar refractivity (Wildman–Crippen MR) is 141 cm³/mol. The third kappa shape index (κ3) is 5.35. The maximum Gasteiger partial charge on any atom is 0.433 e. The molecule has 0 saturated carbocycles. The molecule has 1 aliphatic heterocycles. The fourth-order valence-corrected chi connectivity index (χ4v) is 4.72. The van der Waals surface area contributed by atoms with Gasteiger partial charge in [-0.15, -0.1) is 0 Å². The number of likely N-dealkylation sites (tertiary alicyclic amines) is 1.